The van der Waals surface area contributed by atoms with Gasteiger partial charge >= 0.3 is 0 Å². The van der Waals surface area contributed by atoms with Crippen molar-refractivity contribution in [3.05, 3.63) is 23.8 Å². The van der Waals surface area contributed by atoms with Crippen molar-refractivity contribution in [3.8, 4) is 11.5 Å². The smallest absolute Gasteiger partial charge is 0.161 e. The molecule has 1 aliphatic rings. The van der Waals surface area contributed by atoms with E-state index in [1.165, 1.54) is 0 Å². The van der Waals surface area contributed by atoms with Crippen molar-refractivity contribution in [2.24, 2.45) is 0 Å². The maximum atomic E-state index is 10.2. The van der Waals surface area contributed by atoms with Gasteiger partial charge in [0.05, 0.1) is 12.2 Å². The predicted molar refractivity (Wildman–Crippen MR) is 76.3 cm³/mol. The molecule has 1 aromatic carbocycles. The van der Waals surface area contributed by atoms with Crippen molar-refractivity contribution in [2.45, 2.75) is 26.1 Å². The first-order chi connectivity index (χ1) is 9.70. The molecule has 0 saturated carbocycles. The normalized spacial score (nSPS) is 16.8. The fourth-order valence-corrected chi connectivity index (χ4v) is 2.15. The predicted octanol–water partition coefficient (Wildman–Crippen LogP) is 1.51. The first-order valence-electron chi connectivity index (χ1n) is 7.10. The van der Waals surface area contributed by atoms with Gasteiger partial charge in [0.25, 0.3) is 0 Å². The minimum atomic E-state index is -0.570. The van der Waals surface area contributed by atoms with Crippen molar-refractivity contribution >= 4 is 0 Å². The van der Waals surface area contributed by atoms with Gasteiger partial charge in [-0.25, -0.2) is 0 Å². The zero-order valence-electron chi connectivity index (χ0n) is 12.1. The number of rotatable bonds is 7. The van der Waals surface area contributed by atoms with E-state index in [1.807, 2.05) is 32.0 Å². The number of nitrogens with one attached hydrogen (secondary N) is 1. The molecule has 0 aliphatic carbocycles. The van der Waals surface area contributed by atoms with Gasteiger partial charge in [-0.15, -0.1) is 0 Å². The molecule has 2 N–H and O–H groups in total. The second-order valence-electron chi connectivity index (χ2n) is 4.84. The number of aliphatic hydroxyl groups excluding tert-OH is 1. The summed E-state index contributed by atoms with van der Waals surface area (Å²) in [6.45, 7) is 7.01. The summed E-state index contributed by atoms with van der Waals surface area (Å²) in [5, 5.41) is 13.4. The van der Waals surface area contributed by atoms with Crippen molar-refractivity contribution in [1.82, 2.24) is 5.32 Å². The van der Waals surface area contributed by atoms with Gasteiger partial charge in [0.1, 0.15) is 13.2 Å². The fourth-order valence-electron chi connectivity index (χ4n) is 2.15. The average molecular weight is 281 g/mol. The Balaban J connectivity index is 1.84. The molecule has 1 aromatic rings. The van der Waals surface area contributed by atoms with Crippen LogP contribution in [0.4, 0.5) is 0 Å². The Morgan fingerprint density at radius 3 is 2.75 bits per heavy atom. The van der Waals surface area contributed by atoms with Gasteiger partial charge in [0, 0.05) is 19.7 Å². The highest BCUT2D eigenvalue weighted by Gasteiger charge is 2.15. The summed E-state index contributed by atoms with van der Waals surface area (Å²) >= 11 is 0. The third-order valence-electron chi connectivity index (χ3n) is 3.17. The highest BCUT2D eigenvalue weighted by Crippen LogP contribution is 2.32. The molecule has 0 spiro atoms. The Morgan fingerprint density at radius 1 is 1.25 bits per heavy atom. The first kappa shape index (κ1) is 15.1. The molecule has 2 atom stereocenters. The van der Waals surface area contributed by atoms with E-state index < -0.39 is 6.10 Å². The summed E-state index contributed by atoms with van der Waals surface area (Å²) in [6, 6.07) is 5.55. The lowest BCUT2D eigenvalue weighted by molar-refractivity contribution is 0.0723. The quantitative estimate of drug-likeness (QED) is 0.793. The molecule has 0 fully saturated rings. The van der Waals surface area contributed by atoms with Crippen molar-refractivity contribution in [2.75, 3.05) is 32.9 Å². The SMILES string of the molecule is CCOC(C)CNCC(O)c1ccc2c(c1)OCCO2. The maximum Gasteiger partial charge on any atom is 0.161 e. The average Bonchev–Trinajstić information content (AvgIpc) is 2.47. The van der Waals surface area contributed by atoms with Crippen LogP contribution in [-0.2, 0) is 4.74 Å². The molecule has 0 saturated heterocycles. The lowest BCUT2D eigenvalue weighted by Gasteiger charge is -2.20. The van der Waals surface area contributed by atoms with Crippen LogP contribution in [0.1, 0.15) is 25.5 Å². The summed E-state index contributed by atoms with van der Waals surface area (Å²) in [4.78, 5) is 0. The highest BCUT2D eigenvalue weighted by atomic mass is 16.6. The molecule has 0 amide bonds. The molecule has 5 nitrogen and oxygen atoms in total. The third kappa shape index (κ3) is 4.10. The molecule has 5 heteroatoms. The Morgan fingerprint density at radius 2 is 2.00 bits per heavy atom. The molecular formula is C15H23NO4. The van der Waals surface area contributed by atoms with Crippen LogP contribution in [0.3, 0.4) is 0 Å². The second kappa shape index (κ2) is 7.47. The Bertz CT molecular complexity index is 424. The maximum absolute atomic E-state index is 10.2. The van der Waals surface area contributed by atoms with E-state index in [1.54, 1.807) is 0 Å². The number of benzene rings is 1. The summed E-state index contributed by atoms with van der Waals surface area (Å²) in [5.41, 5.74) is 0.825. The van der Waals surface area contributed by atoms with Crippen LogP contribution in [0, 0.1) is 0 Å². The lowest BCUT2D eigenvalue weighted by Crippen LogP contribution is -2.30. The Kier molecular flexibility index (Phi) is 5.64. The van der Waals surface area contributed by atoms with Gasteiger partial charge in [-0.3, -0.25) is 0 Å². The van der Waals surface area contributed by atoms with Crippen LogP contribution < -0.4 is 14.8 Å². The van der Waals surface area contributed by atoms with Gasteiger partial charge in [0.15, 0.2) is 11.5 Å². The van der Waals surface area contributed by atoms with Gasteiger partial charge in [-0.05, 0) is 31.5 Å². The molecule has 1 aliphatic heterocycles. The van der Waals surface area contributed by atoms with Crippen LogP contribution in [0.15, 0.2) is 18.2 Å². The van der Waals surface area contributed by atoms with E-state index in [2.05, 4.69) is 5.32 Å². The number of fused-ring (bicyclic) bond motifs is 1. The highest BCUT2D eigenvalue weighted by molar-refractivity contribution is 5.44. The monoisotopic (exact) mass is 281 g/mol. The van der Waals surface area contributed by atoms with Gasteiger partial charge in [0.2, 0.25) is 0 Å². The van der Waals surface area contributed by atoms with Crippen molar-refractivity contribution in [3.63, 3.8) is 0 Å². The zero-order valence-corrected chi connectivity index (χ0v) is 12.1. The van der Waals surface area contributed by atoms with Crippen LogP contribution in [-0.4, -0.2) is 44.1 Å². The van der Waals surface area contributed by atoms with Crippen molar-refractivity contribution < 1.29 is 19.3 Å². The standard InChI is InChI=1S/C15H23NO4/c1-3-18-11(2)9-16-10-13(17)12-4-5-14-15(8-12)20-7-6-19-14/h4-5,8,11,13,16-17H,3,6-7,9-10H2,1-2H3. The minimum Gasteiger partial charge on any atom is -0.486 e. The Labute approximate surface area is 119 Å². The van der Waals surface area contributed by atoms with E-state index in [0.29, 0.717) is 32.1 Å². The Hall–Kier alpha value is -1.30. The topological polar surface area (TPSA) is 60.0 Å². The van der Waals surface area contributed by atoms with E-state index in [0.717, 1.165) is 17.9 Å². The molecule has 1 heterocycles. The van der Waals surface area contributed by atoms with E-state index >= 15 is 0 Å². The van der Waals surface area contributed by atoms with Gasteiger partial charge < -0.3 is 24.6 Å². The largest absolute Gasteiger partial charge is 0.486 e. The number of aliphatic hydroxyl groups is 1. The van der Waals surface area contributed by atoms with E-state index in [4.69, 9.17) is 14.2 Å². The van der Waals surface area contributed by atoms with Crippen molar-refractivity contribution in [1.29, 1.82) is 0 Å². The summed E-state index contributed by atoms with van der Waals surface area (Å²) in [6.07, 6.45) is -0.424. The zero-order chi connectivity index (χ0) is 14.4. The molecule has 2 rings (SSSR count). The molecule has 0 radical (unpaired) electrons. The molecule has 112 valence electrons. The molecular weight excluding hydrogens is 258 g/mol. The first-order valence-corrected chi connectivity index (χ1v) is 7.10. The molecule has 0 aromatic heterocycles. The summed E-state index contributed by atoms with van der Waals surface area (Å²) in [5.74, 6) is 1.45. The van der Waals surface area contributed by atoms with E-state index in [-0.39, 0.29) is 6.10 Å². The number of hydrogen-bond acceptors (Lipinski definition) is 5. The molecule has 0 bridgehead atoms. The van der Waals surface area contributed by atoms with Crippen LogP contribution in [0.2, 0.25) is 0 Å². The summed E-state index contributed by atoms with van der Waals surface area (Å²) in [7, 11) is 0. The lowest BCUT2D eigenvalue weighted by atomic mass is 10.1. The molecule has 2 unspecified atom stereocenters. The van der Waals surface area contributed by atoms with Gasteiger partial charge in [-0.1, -0.05) is 6.07 Å². The minimum absolute atomic E-state index is 0.146. The van der Waals surface area contributed by atoms with Crippen LogP contribution in [0.25, 0.3) is 0 Å². The number of hydrogen-bond donors (Lipinski definition) is 2. The van der Waals surface area contributed by atoms with Crippen LogP contribution in [0.5, 0.6) is 11.5 Å². The van der Waals surface area contributed by atoms with Crippen LogP contribution >= 0.6 is 0 Å². The summed E-state index contributed by atoms with van der Waals surface area (Å²) < 4.78 is 16.4. The van der Waals surface area contributed by atoms with Gasteiger partial charge in [-0.2, -0.15) is 0 Å². The fraction of sp³-hybridized carbons (Fsp3) is 0.600. The molecule has 20 heavy (non-hydrogen) atoms. The third-order valence-corrected chi connectivity index (χ3v) is 3.17. The number of ether oxygens (including phenoxy) is 3. The van der Waals surface area contributed by atoms with E-state index in [9.17, 15) is 5.11 Å². The second-order valence-corrected chi connectivity index (χ2v) is 4.84.